The Labute approximate surface area is 147 Å². The highest BCUT2D eigenvalue weighted by molar-refractivity contribution is 5.64. The van der Waals surface area contributed by atoms with Gasteiger partial charge in [-0.05, 0) is 38.1 Å². The Bertz CT molecular complexity index is 790. The number of ether oxygens (including phenoxy) is 1. The first-order chi connectivity index (χ1) is 12.1. The second-order valence-corrected chi connectivity index (χ2v) is 7.83. The zero-order chi connectivity index (χ0) is 17.4. The van der Waals surface area contributed by atoms with Gasteiger partial charge in [0.2, 0.25) is 5.75 Å². The maximum absolute atomic E-state index is 11.0. The number of benzene rings is 1. The number of aliphatic hydroxyl groups is 1. The second kappa shape index (κ2) is 4.87. The minimum atomic E-state index is -0.792. The van der Waals surface area contributed by atoms with E-state index in [0.717, 1.165) is 24.9 Å². The molecule has 132 valence electrons. The summed E-state index contributed by atoms with van der Waals surface area (Å²) in [4.78, 5) is 7.05. The number of hydrogen-bond acceptors (Lipinski definition) is 5. The molecule has 0 aromatic heterocycles. The smallest absolute Gasteiger partial charge is 0.207 e. The highest BCUT2D eigenvalue weighted by Crippen LogP contribution is 2.67. The second-order valence-electron chi connectivity index (χ2n) is 7.83. The summed E-state index contributed by atoms with van der Waals surface area (Å²) < 4.78 is 6.50. The molecule has 1 saturated heterocycles. The van der Waals surface area contributed by atoms with Crippen molar-refractivity contribution in [2.24, 2.45) is 5.92 Å². The molecule has 2 aliphatic carbocycles. The zero-order valence-corrected chi connectivity index (χ0v) is 14.3. The summed E-state index contributed by atoms with van der Waals surface area (Å²) in [6.45, 7) is 4.88. The van der Waals surface area contributed by atoms with Gasteiger partial charge in [-0.25, -0.2) is 5.26 Å². The molecule has 0 saturated carbocycles. The Morgan fingerprint density at radius 1 is 1.44 bits per heavy atom. The lowest BCUT2D eigenvalue weighted by Crippen LogP contribution is -2.71. The minimum Gasteiger partial charge on any atom is -0.479 e. The van der Waals surface area contributed by atoms with Gasteiger partial charge in [-0.15, -0.1) is 6.58 Å². The maximum atomic E-state index is 11.0. The van der Waals surface area contributed by atoms with Crippen LogP contribution in [0.2, 0.25) is 0 Å². The van der Waals surface area contributed by atoms with Crippen molar-refractivity contribution < 1.29 is 20.0 Å². The van der Waals surface area contributed by atoms with Gasteiger partial charge in [0.05, 0.1) is 5.41 Å². The van der Waals surface area contributed by atoms with Crippen molar-refractivity contribution >= 4 is 0 Å². The molecule has 1 fully saturated rings. The van der Waals surface area contributed by atoms with Gasteiger partial charge >= 0.3 is 0 Å². The summed E-state index contributed by atoms with van der Waals surface area (Å²) in [5.74, 6) is 1.18. The topological polar surface area (TPSA) is 62.2 Å². The summed E-state index contributed by atoms with van der Waals surface area (Å²) in [5.41, 5.74) is 1.25. The van der Waals surface area contributed by atoms with Crippen molar-refractivity contribution in [2.75, 3.05) is 13.6 Å². The van der Waals surface area contributed by atoms with E-state index in [-0.39, 0.29) is 11.3 Å². The van der Waals surface area contributed by atoms with E-state index in [9.17, 15) is 10.4 Å². The third-order valence-corrected chi connectivity index (χ3v) is 7.06. The van der Waals surface area contributed by atoms with Gasteiger partial charge in [0.25, 0.3) is 0 Å². The first-order valence-corrected chi connectivity index (χ1v) is 8.93. The molecule has 2 bridgehead atoms. The molecular weight excluding hydrogens is 318 g/mol. The molecule has 5 atom stereocenters. The van der Waals surface area contributed by atoms with Crippen LogP contribution in [-0.4, -0.2) is 46.6 Å². The largest absolute Gasteiger partial charge is 0.479 e. The predicted molar refractivity (Wildman–Crippen MR) is 92.9 cm³/mol. The van der Waals surface area contributed by atoms with Crippen LogP contribution in [-0.2, 0) is 11.8 Å². The summed E-state index contributed by atoms with van der Waals surface area (Å²) >= 11 is 0. The number of likely N-dealkylation sites (tertiary alicyclic amines) is 1. The van der Waals surface area contributed by atoms with Crippen molar-refractivity contribution in [1.82, 2.24) is 4.90 Å². The van der Waals surface area contributed by atoms with E-state index in [1.807, 2.05) is 18.2 Å². The summed E-state index contributed by atoms with van der Waals surface area (Å²) in [7, 11) is 2.18. The Morgan fingerprint density at radius 3 is 3.04 bits per heavy atom. The van der Waals surface area contributed by atoms with E-state index in [0.29, 0.717) is 24.0 Å². The molecule has 5 rings (SSSR count). The predicted octanol–water partition coefficient (Wildman–Crippen LogP) is 2.29. The van der Waals surface area contributed by atoms with E-state index < -0.39 is 11.7 Å². The lowest BCUT2D eigenvalue weighted by atomic mass is 9.48. The lowest BCUT2D eigenvalue weighted by molar-refractivity contribution is -0.144. The molecule has 2 aliphatic heterocycles. The highest BCUT2D eigenvalue weighted by atomic mass is 17.1. The number of piperidine rings is 1. The Hall–Kier alpha value is -1.82. The number of likely N-dealkylation sites (N-methyl/N-ethyl adjacent to an activating group) is 1. The van der Waals surface area contributed by atoms with Crippen molar-refractivity contribution in [2.45, 2.75) is 42.4 Å². The van der Waals surface area contributed by atoms with Crippen LogP contribution < -0.4 is 9.62 Å². The molecule has 1 aromatic rings. The van der Waals surface area contributed by atoms with E-state index in [4.69, 9.17) is 4.74 Å². The third-order valence-electron chi connectivity index (χ3n) is 7.06. The van der Waals surface area contributed by atoms with E-state index in [2.05, 4.69) is 29.5 Å². The number of nitrogens with zero attached hydrogens (tertiary/aromatic N) is 1. The van der Waals surface area contributed by atoms with Crippen molar-refractivity contribution in [3.8, 4) is 11.5 Å². The van der Waals surface area contributed by atoms with E-state index >= 15 is 0 Å². The van der Waals surface area contributed by atoms with Crippen LogP contribution in [0.3, 0.4) is 0 Å². The van der Waals surface area contributed by atoms with Crippen molar-refractivity contribution in [3.63, 3.8) is 0 Å². The van der Waals surface area contributed by atoms with Gasteiger partial charge in [-0.2, -0.15) is 0 Å². The summed E-state index contributed by atoms with van der Waals surface area (Å²) in [6, 6.07) is 4.18. The van der Waals surface area contributed by atoms with Gasteiger partial charge in [-0.1, -0.05) is 24.3 Å². The quantitative estimate of drug-likeness (QED) is 0.502. The Morgan fingerprint density at radius 2 is 2.28 bits per heavy atom. The van der Waals surface area contributed by atoms with Gasteiger partial charge < -0.3 is 19.6 Å². The average Bonchev–Trinajstić information content (AvgIpc) is 2.91. The van der Waals surface area contributed by atoms with Crippen LogP contribution >= 0.6 is 0 Å². The van der Waals surface area contributed by atoms with Crippen LogP contribution in [0.25, 0.3) is 0 Å². The first kappa shape index (κ1) is 15.4. The molecule has 0 unspecified atom stereocenters. The highest BCUT2D eigenvalue weighted by Gasteiger charge is 2.71. The van der Waals surface area contributed by atoms with Crippen LogP contribution in [0.15, 0.2) is 36.9 Å². The number of aliphatic hydroxyl groups excluding tert-OH is 1. The fraction of sp³-hybridized carbons (Fsp3) is 0.500. The van der Waals surface area contributed by atoms with Crippen LogP contribution in [0.4, 0.5) is 0 Å². The molecule has 2 heterocycles. The zero-order valence-electron chi connectivity index (χ0n) is 14.3. The van der Waals surface area contributed by atoms with E-state index in [1.165, 1.54) is 5.56 Å². The van der Waals surface area contributed by atoms with E-state index in [1.54, 1.807) is 6.07 Å². The maximum Gasteiger partial charge on any atom is 0.207 e. The molecule has 0 amide bonds. The van der Waals surface area contributed by atoms with Crippen LogP contribution in [0.1, 0.15) is 24.0 Å². The van der Waals surface area contributed by atoms with Crippen LogP contribution in [0.5, 0.6) is 11.5 Å². The lowest BCUT2D eigenvalue weighted by Gasteiger charge is -2.60. The third kappa shape index (κ3) is 1.56. The number of hydrogen-bond donors (Lipinski definition) is 2. The normalized spacial score (nSPS) is 40.4. The molecule has 1 spiro atoms. The van der Waals surface area contributed by atoms with Crippen molar-refractivity contribution in [3.05, 3.63) is 48.1 Å². The molecule has 25 heavy (non-hydrogen) atoms. The Balaban J connectivity index is 1.86. The van der Waals surface area contributed by atoms with Gasteiger partial charge in [0.15, 0.2) is 11.4 Å². The molecule has 5 heteroatoms. The molecular formula is C20H23NO4. The van der Waals surface area contributed by atoms with Crippen LogP contribution in [0, 0.1) is 5.92 Å². The standard InChI is InChI=1S/C20H23NO4/c1-3-8-20-16(22)7-5-13-14-11-12-4-6-15(25-23)18(24-20)17(12)19(13,20)9-10-21(14)2/h3-7,13-14,16,22-23H,1,8-11H2,2H3/t13-,14+,16-,19-,20-/m0/s1. The Kier molecular flexibility index (Phi) is 3.01. The van der Waals surface area contributed by atoms with Gasteiger partial charge in [-0.3, -0.25) is 0 Å². The summed E-state index contributed by atoms with van der Waals surface area (Å²) in [5, 5.41) is 20.4. The summed E-state index contributed by atoms with van der Waals surface area (Å²) in [6.07, 6.45) is 7.55. The minimum absolute atomic E-state index is 0.261. The molecule has 4 aliphatic rings. The fourth-order valence-electron chi connectivity index (χ4n) is 6.06. The molecule has 2 N–H and O–H groups in total. The molecule has 0 radical (unpaired) electrons. The van der Waals surface area contributed by atoms with Crippen molar-refractivity contribution in [1.29, 1.82) is 0 Å². The van der Waals surface area contributed by atoms with Gasteiger partial charge in [0.1, 0.15) is 6.10 Å². The molecule has 1 aromatic carbocycles. The molecule has 5 nitrogen and oxygen atoms in total. The average molecular weight is 341 g/mol. The fourth-order valence-corrected chi connectivity index (χ4v) is 6.06. The SMILES string of the molecule is C=CC[C@@]12Oc3c(OO)ccc4c3[C@@]13CCN(C)[C@H](C4)[C@@H]3C=C[C@@H]2O. The number of rotatable bonds is 3. The van der Waals surface area contributed by atoms with Gasteiger partial charge in [0, 0.05) is 23.9 Å². The monoisotopic (exact) mass is 341 g/mol. The first-order valence-electron chi connectivity index (χ1n) is 8.93.